The zero-order chi connectivity index (χ0) is 11.1. The molecule has 3 aromatic rings. The van der Waals surface area contributed by atoms with Gasteiger partial charge in [0.05, 0.1) is 5.39 Å². The lowest BCUT2D eigenvalue weighted by atomic mass is 10.1. The Hall–Kier alpha value is -2.16. The van der Waals surface area contributed by atoms with E-state index in [4.69, 9.17) is 0 Å². The zero-order valence-electron chi connectivity index (χ0n) is 8.82. The summed E-state index contributed by atoms with van der Waals surface area (Å²) >= 11 is 0. The molecule has 0 unspecified atom stereocenters. The number of H-pyrrole nitrogens is 1. The third-order valence-corrected chi connectivity index (χ3v) is 2.75. The quantitative estimate of drug-likeness (QED) is 0.579. The molecular formula is C13H10N2O. The first-order chi connectivity index (χ1) is 7.75. The predicted molar refractivity (Wildman–Crippen MR) is 64.6 cm³/mol. The standard InChI is InChI=1S/C13H10N2O/c1-8-6-10-9-4-2-3-5-12(9)15-13(16)11(10)7-14-8/h2-7H,1H3,(H,15,16). The van der Waals surface area contributed by atoms with E-state index in [1.165, 1.54) is 0 Å². The number of pyridine rings is 2. The number of rotatable bonds is 0. The average molecular weight is 210 g/mol. The van der Waals surface area contributed by atoms with Crippen molar-refractivity contribution in [3.8, 4) is 0 Å². The second-order valence-electron chi connectivity index (χ2n) is 3.87. The van der Waals surface area contributed by atoms with Gasteiger partial charge in [0, 0.05) is 22.8 Å². The molecule has 0 saturated carbocycles. The van der Waals surface area contributed by atoms with Gasteiger partial charge in [-0.1, -0.05) is 18.2 Å². The number of aromatic amines is 1. The number of benzene rings is 1. The smallest absolute Gasteiger partial charge is 0.257 e. The summed E-state index contributed by atoms with van der Waals surface area (Å²) in [5, 5.41) is 2.67. The minimum Gasteiger partial charge on any atom is -0.321 e. The first kappa shape index (κ1) is 9.09. The largest absolute Gasteiger partial charge is 0.321 e. The molecule has 3 rings (SSSR count). The highest BCUT2D eigenvalue weighted by Crippen LogP contribution is 2.20. The Balaban J connectivity index is 2.67. The van der Waals surface area contributed by atoms with E-state index in [9.17, 15) is 4.79 Å². The molecule has 78 valence electrons. The minimum absolute atomic E-state index is 0.0822. The Morgan fingerprint density at radius 1 is 1.12 bits per heavy atom. The molecule has 0 aliphatic carbocycles. The summed E-state index contributed by atoms with van der Waals surface area (Å²) in [6, 6.07) is 9.75. The fourth-order valence-corrected chi connectivity index (χ4v) is 1.98. The summed E-state index contributed by atoms with van der Waals surface area (Å²) in [7, 11) is 0. The van der Waals surface area contributed by atoms with Crippen LogP contribution in [0.15, 0.2) is 41.3 Å². The van der Waals surface area contributed by atoms with Crippen LogP contribution in [0.3, 0.4) is 0 Å². The van der Waals surface area contributed by atoms with E-state index in [2.05, 4.69) is 9.97 Å². The number of fused-ring (bicyclic) bond motifs is 3. The van der Waals surface area contributed by atoms with Crippen molar-refractivity contribution in [3.63, 3.8) is 0 Å². The summed E-state index contributed by atoms with van der Waals surface area (Å²) in [5.41, 5.74) is 1.70. The lowest BCUT2D eigenvalue weighted by Crippen LogP contribution is -2.06. The Kier molecular flexibility index (Phi) is 1.80. The van der Waals surface area contributed by atoms with Crippen molar-refractivity contribution in [1.82, 2.24) is 9.97 Å². The predicted octanol–water partition coefficient (Wildman–Crippen LogP) is 2.38. The number of nitrogens with zero attached hydrogens (tertiary/aromatic N) is 1. The van der Waals surface area contributed by atoms with Gasteiger partial charge in [-0.05, 0) is 24.4 Å². The van der Waals surface area contributed by atoms with Crippen molar-refractivity contribution in [2.45, 2.75) is 6.92 Å². The average Bonchev–Trinajstić information content (AvgIpc) is 2.29. The molecule has 0 aliphatic rings. The van der Waals surface area contributed by atoms with Gasteiger partial charge < -0.3 is 4.98 Å². The van der Waals surface area contributed by atoms with E-state index in [1.54, 1.807) is 6.20 Å². The molecule has 0 atom stereocenters. The molecule has 1 aromatic carbocycles. The lowest BCUT2D eigenvalue weighted by Gasteiger charge is -2.03. The van der Waals surface area contributed by atoms with Gasteiger partial charge in [-0.25, -0.2) is 0 Å². The van der Waals surface area contributed by atoms with Crippen molar-refractivity contribution in [2.24, 2.45) is 0 Å². The van der Waals surface area contributed by atoms with Crippen LogP contribution < -0.4 is 5.56 Å². The van der Waals surface area contributed by atoms with E-state index in [0.29, 0.717) is 5.39 Å². The maximum atomic E-state index is 11.8. The molecular weight excluding hydrogens is 200 g/mol. The number of hydrogen-bond donors (Lipinski definition) is 1. The van der Waals surface area contributed by atoms with Gasteiger partial charge in [-0.3, -0.25) is 9.78 Å². The highest BCUT2D eigenvalue weighted by Gasteiger charge is 2.04. The van der Waals surface area contributed by atoms with Crippen LogP contribution in [0.4, 0.5) is 0 Å². The summed E-state index contributed by atoms with van der Waals surface area (Å²) in [6.45, 7) is 1.93. The van der Waals surface area contributed by atoms with Gasteiger partial charge in [-0.15, -0.1) is 0 Å². The van der Waals surface area contributed by atoms with Gasteiger partial charge in [-0.2, -0.15) is 0 Å². The summed E-state index contributed by atoms with van der Waals surface area (Å²) in [6.07, 6.45) is 1.63. The Labute approximate surface area is 91.8 Å². The van der Waals surface area contributed by atoms with Crippen LogP contribution in [0.5, 0.6) is 0 Å². The third-order valence-electron chi connectivity index (χ3n) is 2.75. The van der Waals surface area contributed by atoms with Crippen molar-refractivity contribution in [1.29, 1.82) is 0 Å². The monoisotopic (exact) mass is 210 g/mol. The Bertz CT molecular complexity index is 744. The summed E-state index contributed by atoms with van der Waals surface area (Å²) in [5.74, 6) is 0. The van der Waals surface area contributed by atoms with Crippen LogP contribution in [0.2, 0.25) is 0 Å². The molecule has 0 saturated heterocycles. The highest BCUT2D eigenvalue weighted by atomic mass is 16.1. The van der Waals surface area contributed by atoms with Crippen molar-refractivity contribution < 1.29 is 0 Å². The van der Waals surface area contributed by atoms with E-state index in [1.807, 2.05) is 37.3 Å². The van der Waals surface area contributed by atoms with Crippen LogP contribution in [0, 0.1) is 6.92 Å². The molecule has 0 aliphatic heterocycles. The molecule has 3 heteroatoms. The minimum atomic E-state index is -0.0822. The SMILES string of the molecule is Cc1cc2c(cn1)c(=O)[nH]c1ccccc12. The Morgan fingerprint density at radius 3 is 2.81 bits per heavy atom. The third kappa shape index (κ3) is 1.21. The number of hydrogen-bond acceptors (Lipinski definition) is 2. The number of nitrogens with one attached hydrogen (secondary N) is 1. The molecule has 1 N–H and O–H groups in total. The van der Waals surface area contributed by atoms with Crippen LogP contribution >= 0.6 is 0 Å². The van der Waals surface area contributed by atoms with E-state index in [-0.39, 0.29) is 5.56 Å². The maximum Gasteiger partial charge on any atom is 0.257 e. The topological polar surface area (TPSA) is 45.8 Å². The molecule has 0 bridgehead atoms. The van der Waals surface area contributed by atoms with Crippen LogP contribution in [-0.4, -0.2) is 9.97 Å². The van der Waals surface area contributed by atoms with Gasteiger partial charge >= 0.3 is 0 Å². The van der Waals surface area contributed by atoms with E-state index < -0.39 is 0 Å². The molecule has 0 spiro atoms. The molecule has 0 radical (unpaired) electrons. The molecule has 0 amide bonds. The van der Waals surface area contributed by atoms with E-state index >= 15 is 0 Å². The summed E-state index contributed by atoms with van der Waals surface area (Å²) in [4.78, 5) is 18.8. The zero-order valence-corrected chi connectivity index (χ0v) is 8.82. The molecule has 3 nitrogen and oxygen atoms in total. The second-order valence-corrected chi connectivity index (χ2v) is 3.87. The molecule has 2 heterocycles. The summed E-state index contributed by atoms with van der Waals surface area (Å²) < 4.78 is 0. The fourth-order valence-electron chi connectivity index (χ4n) is 1.98. The van der Waals surface area contributed by atoms with Crippen LogP contribution in [0.1, 0.15) is 5.69 Å². The second kappa shape index (κ2) is 3.17. The highest BCUT2D eigenvalue weighted by molar-refractivity contribution is 6.04. The van der Waals surface area contributed by atoms with E-state index in [0.717, 1.165) is 22.0 Å². The number of aryl methyl sites for hydroxylation is 1. The van der Waals surface area contributed by atoms with Gasteiger partial charge in [0.25, 0.3) is 5.56 Å². The first-order valence-corrected chi connectivity index (χ1v) is 5.13. The van der Waals surface area contributed by atoms with Gasteiger partial charge in [0.1, 0.15) is 0 Å². The van der Waals surface area contributed by atoms with Crippen LogP contribution in [0.25, 0.3) is 21.7 Å². The van der Waals surface area contributed by atoms with Crippen molar-refractivity contribution >= 4 is 21.7 Å². The molecule has 16 heavy (non-hydrogen) atoms. The first-order valence-electron chi connectivity index (χ1n) is 5.13. The van der Waals surface area contributed by atoms with Crippen molar-refractivity contribution in [2.75, 3.05) is 0 Å². The normalized spacial score (nSPS) is 11.1. The molecule has 0 fully saturated rings. The number of para-hydroxylation sites is 1. The fraction of sp³-hybridized carbons (Fsp3) is 0.0769. The maximum absolute atomic E-state index is 11.8. The Morgan fingerprint density at radius 2 is 1.94 bits per heavy atom. The lowest BCUT2D eigenvalue weighted by molar-refractivity contribution is 1.21. The molecule has 2 aromatic heterocycles. The van der Waals surface area contributed by atoms with Gasteiger partial charge in [0.15, 0.2) is 0 Å². The van der Waals surface area contributed by atoms with Crippen molar-refractivity contribution in [3.05, 3.63) is 52.6 Å². The van der Waals surface area contributed by atoms with Gasteiger partial charge in [0.2, 0.25) is 0 Å². The van der Waals surface area contributed by atoms with Crippen LogP contribution in [-0.2, 0) is 0 Å². The number of aromatic nitrogens is 2.